The zero-order chi connectivity index (χ0) is 24.6. The molecule has 37 heavy (non-hydrogen) atoms. The van der Waals surface area contributed by atoms with E-state index in [1.807, 2.05) is 0 Å². The van der Waals surface area contributed by atoms with Crippen LogP contribution in [-0.4, -0.2) is 6.71 Å². The van der Waals surface area contributed by atoms with E-state index in [4.69, 9.17) is 0 Å². The number of hydrogen-bond acceptors (Lipinski definition) is 0. The van der Waals surface area contributed by atoms with Crippen molar-refractivity contribution in [1.29, 1.82) is 0 Å². The fourth-order valence-electron chi connectivity index (χ4n) is 5.96. The molecule has 0 saturated heterocycles. The highest BCUT2D eigenvalue weighted by molar-refractivity contribution is 6.99. The molecule has 0 amide bonds. The van der Waals surface area contributed by atoms with Gasteiger partial charge in [-0.1, -0.05) is 168 Å². The number of benzene rings is 7. The SMILES string of the molecule is c1ccc(-c2cccc3ccccc23)c(B(c2cccc3ccccc23)c2cccc3ccccc23)c1. The quantitative estimate of drug-likeness (QED) is 0.237. The molecule has 7 rings (SSSR count). The van der Waals surface area contributed by atoms with Gasteiger partial charge in [-0.15, -0.1) is 0 Å². The molecule has 7 aromatic carbocycles. The Hall–Kier alpha value is -4.62. The van der Waals surface area contributed by atoms with Gasteiger partial charge in [-0.3, -0.25) is 0 Å². The average molecular weight is 468 g/mol. The summed E-state index contributed by atoms with van der Waals surface area (Å²) in [5, 5.41) is 7.70. The van der Waals surface area contributed by atoms with E-state index >= 15 is 0 Å². The van der Waals surface area contributed by atoms with Crippen molar-refractivity contribution < 1.29 is 0 Å². The van der Waals surface area contributed by atoms with E-state index in [0.717, 1.165) is 0 Å². The van der Waals surface area contributed by atoms with Gasteiger partial charge in [0.25, 0.3) is 0 Å². The van der Waals surface area contributed by atoms with E-state index in [-0.39, 0.29) is 6.71 Å². The lowest BCUT2D eigenvalue weighted by molar-refractivity contribution is 1.67. The topological polar surface area (TPSA) is 0 Å². The van der Waals surface area contributed by atoms with Gasteiger partial charge in [0.2, 0.25) is 6.71 Å². The van der Waals surface area contributed by atoms with Gasteiger partial charge in [-0.25, -0.2) is 0 Å². The molecule has 0 spiro atoms. The summed E-state index contributed by atoms with van der Waals surface area (Å²) in [5.41, 5.74) is 6.56. The molecule has 0 aliphatic rings. The smallest absolute Gasteiger partial charge is 0.0664 e. The molecule has 0 aliphatic carbocycles. The van der Waals surface area contributed by atoms with Gasteiger partial charge in [0, 0.05) is 0 Å². The zero-order valence-electron chi connectivity index (χ0n) is 20.5. The molecule has 1 heteroatoms. The van der Waals surface area contributed by atoms with E-state index in [2.05, 4.69) is 152 Å². The van der Waals surface area contributed by atoms with Gasteiger partial charge in [0.05, 0.1) is 0 Å². The first kappa shape index (κ1) is 21.7. The van der Waals surface area contributed by atoms with Crippen LogP contribution >= 0.6 is 0 Å². The van der Waals surface area contributed by atoms with Gasteiger partial charge in [-0.2, -0.15) is 0 Å². The minimum atomic E-state index is 0.0763. The maximum atomic E-state index is 2.32. The Balaban J connectivity index is 1.58. The van der Waals surface area contributed by atoms with Crippen molar-refractivity contribution in [1.82, 2.24) is 0 Å². The number of fused-ring (bicyclic) bond motifs is 3. The fraction of sp³-hybridized carbons (Fsp3) is 0. The zero-order valence-corrected chi connectivity index (χ0v) is 20.5. The fourth-order valence-corrected chi connectivity index (χ4v) is 5.96. The van der Waals surface area contributed by atoms with Crippen LogP contribution in [0.2, 0.25) is 0 Å². The summed E-state index contributed by atoms with van der Waals surface area (Å²) >= 11 is 0. The van der Waals surface area contributed by atoms with Crippen molar-refractivity contribution >= 4 is 55.4 Å². The van der Waals surface area contributed by atoms with Crippen LogP contribution in [0.25, 0.3) is 43.4 Å². The minimum Gasteiger partial charge on any atom is -0.0664 e. The molecule has 172 valence electrons. The van der Waals surface area contributed by atoms with Crippen LogP contribution in [0.4, 0.5) is 0 Å². The van der Waals surface area contributed by atoms with Crippen molar-refractivity contribution in [3.8, 4) is 11.1 Å². The van der Waals surface area contributed by atoms with E-state index < -0.39 is 0 Å². The Bertz CT molecular complexity index is 1800. The van der Waals surface area contributed by atoms with Crippen LogP contribution in [0.3, 0.4) is 0 Å². The summed E-state index contributed by atoms with van der Waals surface area (Å²) in [7, 11) is 0. The summed E-state index contributed by atoms with van der Waals surface area (Å²) in [5.74, 6) is 0. The molecule has 7 aromatic rings. The lowest BCUT2D eigenvalue weighted by Crippen LogP contribution is -2.53. The molecular weight excluding hydrogens is 443 g/mol. The van der Waals surface area contributed by atoms with Crippen LogP contribution < -0.4 is 16.4 Å². The molecule has 0 saturated carbocycles. The molecule has 0 N–H and O–H groups in total. The third kappa shape index (κ3) is 3.72. The molecule has 0 aromatic heterocycles. The molecule has 0 heterocycles. The molecule has 0 aliphatic heterocycles. The molecule has 0 radical (unpaired) electrons. The van der Waals surface area contributed by atoms with Crippen molar-refractivity contribution in [2.75, 3.05) is 0 Å². The molecular formula is C36H25B. The lowest BCUT2D eigenvalue weighted by Gasteiger charge is -2.23. The predicted molar refractivity (Wildman–Crippen MR) is 162 cm³/mol. The summed E-state index contributed by atoms with van der Waals surface area (Å²) in [6, 6.07) is 55.3. The Morgan fingerprint density at radius 3 is 1.27 bits per heavy atom. The third-order valence-corrected chi connectivity index (χ3v) is 7.62. The predicted octanol–water partition coefficient (Wildman–Crippen LogP) is 7.33. The van der Waals surface area contributed by atoms with Crippen molar-refractivity contribution in [3.05, 3.63) is 152 Å². The first-order valence-electron chi connectivity index (χ1n) is 12.9. The Morgan fingerprint density at radius 1 is 0.270 bits per heavy atom. The van der Waals surface area contributed by atoms with Crippen LogP contribution in [0.15, 0.2) is 152 Å². The van der Waals surface area contributed by atoms with E-state index in [0.29, 0.717) is 0 Å². The van der Waals surface area contributed by atoms with E-state index in [9.17, 15) is 0 Å². The molecule has 0 fully saturated rings. The largest absolute Gasteiger partial charge is 0.243 e. The van der Waals surface area contributed by atoms with Crippen molar-refractivity contribution in [2.45, 2.75) is 0 Å². The van der Waals surface area contributed by atoms with Crippen molar-refractivity contribution in [3.63, 3.8) is 0 Å². The van der Waals surface area contributed by atoms with Crippen molar-refractivity contribution in [2.24, 2.45) is 0 Å². The Morgan fingerprint density at radius 2 is 0.649 bits per heavy atom. The summed E-state index contributed by atoms with van der Waals surface area (Å²) in [6.45, 7) is 0.0763. The molecule has 0 bridgehead atoms. The standard InChI is InChI=1S/C36H25B/c1-4-18-29-26(12-1)15-9-22-32(29)33-21-7-8-23-36(33)37(34-24-10-16-27-13-2-5-19-30(27)34)35-25-11-17-28-14-3-6-20-31(28)35/h1-25H. The third-order valence-electron chi connectivity index (χ3n) is 7.62. The normalized spacial score (nSPS) is 11.2. The molecule has 0 unspecified atom stereocenters. The van der Waals surface area contributed by atoms with Gasteiger partial charge in [0.15, 0.2) is 0 Å². The second-order valence-electron chi connectivity index (χ2n) is 9.68. The second kappa shape index (κ2) is 9.11. The van der Waals surface area contributed by atoms with Crippen LogP contribution in [0.5, 0.6) is 0 Å². The molecule has 0 nitrogen and oxygen atoms in total. The van der Waals surface area contributed by atoms with Gasteiger partial charge in [-0.05, 0) is 43.4 Å². The summed E-state index contributed by atoms with van der Waals surface area (Å²) < 4.78 is 0. The first-order chi connectivity index (χ1) is 18.4. The Labute approximate surface area is 217 Å². The summed E-state index contributed by atoms with van der Waals surface area (Å²) in [4.78, 5) is 0. The van der Waals surface area contributed by atoms with Crippen LogP contribution in [-0.2, 0) is 0 Å². The maximum Gasteiger partial charge on any atom is 0.243 e. The highest BCUT2D eigenvalue weighted by atomic mass is 14.1. The van der Waals surface area contributed by atoms with Crippen LogP contribution in [0.1, 0.15) is 0 Å². The van der Waals surface area contributed by atoms with Gasteiger partial charge in [0.1, 0.15) is 0 Å². The monoisotopic (exact) mass is 468 g/mol. The molecule has 0 atom stereocenters. The minimum absolute atomic E-state index is 0.0763. The van der Waals surface area contributed by atoms with E-state index in [1.54, 1.807) is 0 Å². The highest BCUT2D eigenvalue weighted by Gasteiger charge is 2.28. The number of hydrogen-bond donors (Lipinski definition) is 0. The van der Waals surface area contributed by atoms with Gasteiger partial charge < -0.3 is 0 Å². The second-order valence-corrected chi connectivity index (χ2v) is 9.68. The first-order valence-corrected chi connectivity index (χ1v) is 12.9. The van der Waals surface area contributed by atoms with E-state index in [1.165, 1.54) is 59.8 Å². The summed E-state index contributed by atoms with van der Waals surface area (Å²) in [6.07, 6.45) is 0. The number of rotatable bonds is 4. The van der Waals surface area contributed by atoms with Crippen LogP contribution in [0, 0.1) is 0 Å². The Kier molecular flexibility index (Phi) is 5.33. The lowest BCUT2D eigenvalue weighted by atomic mass is 9.35. The maximum absolute atomic E-state index is 2.32. The highest BCUT2D eigenvalue weighted by Crippen LogP contribution is 2.28. The average Bonchev–Trinajstić information content (AvgIpc) is 2.97. The van der Waals surface area contributed by atoms with Gasteiger partial charge >= 0.3 is 0 Å².